The number of rotatable bonds is 3. The van der Waals surface area contributed by atoms with Crippen LogP contribution in [0.3, 0.4) is 0 Å². The maximum Gasteiger partial charge on any atom is 0.0579 e. The van der Waals surface area contributed by atoms with Crippen molar-refractivity contribution in [2.45, 2.75) is 13.5 Å². The van der Waals surface area contributed by atoms with E-state index in [9.17, 15) is 0 Å². The lowest BCUT2D eigenvalue weighted by molar-refractivity contribution is 0.766. The molecule has 0 radical (unpaired) electrons. The third-order valence-corrected chi connectivity index (χ3v) is 1.61. The second-order valence-electron chi connectivity index (χ2n) is 2.72. The standard InChI is InChI=1S/C10H14N2/c1-3-4-6-11-8-10-5-7-12(2)9-10/h5,7,9,11H,6,8H2,1-2H3. The summed E-state index contributed by atoms with van der Waals surface area (Å²) in [5.74, 6) is 5.80. The van der Waals surface area contributed by atoms with E-state index in [1.165, 1.54) is 5.56 Å². The van der Waals surface area contributed by atoms with Gasteiger partial charge in [-0.1, -0.05) is 5.92 Å². The molecule has 0 fully saturated rings. The smallest absolute Gasteiger partial charge is 0.0579 e. The highest BCUT2D eigenvalue weighted by Crippen LogP contribution is 1.97. The predicted molar refractivity (Wildman–Crippen MR) is 50.6 cm³/mol. The van der Waals surface area contributed by atoms with Gasteiger partial charge >= 0.3 is 0 Å². The van der Waals surface area contributed by atoms with Crippen LogP contribution < -0.4 is 5.32 Å². The van der Waals surface area contributed by atoms with Crippen LogP contribution in [0.1, 0.15) is 12.5 Å². The third-order valence-electron chi connectivity index (χ3n) is 1.61. The van der Waals surface area contributed by atoms with Crippen molar-refractivity contribution < 1.29 is 0 Å². The fraction of sp³-hybridized carbons (Fsp3) is 0.400. The van der Waals surface area contributed by atoms with Gasteiger partial charge in [0.2, 0.25) is 0 Å². The van der Waals surface area contributed by atoms with Gasteiger partial charge < -0.3 is 9.88 Å². The van der Waals surface area contributed by atoms with E-state index in [1.807, 2.05) is 24.7 Å². The van der Waals surface area contributed by atoms with E-state index < -0.39 is 0 Å². The molecule has 0 aliphatic heterocycles. The van der Waals surface area contributed by atoms with Crippen LogP contribution in [0.25, 0.3) is 0 Å². The number of nitrogens with one attached hydrogen (secondary N) is 1. The zero-order chi connectivity index (χ0) is 8.81. The van der Waals surface area contributed by atoms with Crippen molar-refractivity contribution in [2.24, 2.45) is 7.05 Å². The van der Waals surface area contributed by atoms with Crippen LogP contribution in [0.15, 0.2) is 18.5 Å². The first-order valence-corrected chi connectivity index (χ1v) is 4.04. The molecule has 0 spiro atoms. The van der Waals surface area contributed by atoms with Gasteiger partial charge in [0.25, 0.3) is 0 Å². The molecule has 64 valence electrons. The SMILES string of the molecule is CC#CCNCc1ccn(C)c1. The lowest BCUT2D eigenvalue weighted by Gasteiger charge is -1.95. The lowest BCUT2D eigenvalue weighted by atomic mass is 10.3. The minimum absolute atomic E-state index is 0.769. The normalized spacial score (nSPS) is 9.17. The van der Waals surface area contributed by atoms with E-state index in [0.29, 0.717) is 0 Å². The van der Waals surface area contributed by atoms with E-state index in [2.05, 4.69) is 29.4 Å². The Balaban J connectivity index is 2.27. The van der Waals surface area contributed by atoms with Gasteiger partial charge in [-0.3, -0.25) is 0 Å². The topological polar surface area (TPSA) is 17.0 Å². The summed E-state index contributed by atoms with van der Waals surface area (Å²) in [6.07, 6.45) is 4.15. The Morgan fingerprint density at radius 3 is 3.00 bits per heavy atom. The molecule has 1 rings (SSSR count). The van der Waals surface area contributed by atoms with Crippen LogP contribution in [0.2, 0.25) is 0 Å². The van der Waals surface area contributed by atoms with Crippen molar-refractivity contribution in [2.75, 3.05) is 6.54 Å². The lowest BCUT2D eigenvalue weighted by Crippen LogP contribution is -2.12. The number of hydrogen-bond donors (Lipinski definition) is 1. The molecule has 1 N–H and O–H groups in total. The summed E-state index contributed by atoms with van der Waals surface area (Å²) in [6, 6.07) is 2.10. The molecule has 0 amide bonds. The molecule has 2 nitrogen and oxygen atoms in total. The predicted octanol–water partition coefficient (Wildman–Crippen LogP) is 1.14. The summed E-state index contributed by atoms with van der Waals surface area (Å²) in [5, 5.41) is 3.23. The number of nitrogens with zero attached hydrogens (tertiary/aromatic N) is 1. The molecule has 0 atom stereocenters. The summed E-state index contributed by atoms with van der Waals surface area (Å²) in [4.78, 5) is 0. The van der Waals surface area contributed by atoms with Crippen molar-refractivity contribution >= 4 is 0 Å². The molecule has 0 saturated carbocycles. The zero-order valence-corrected chi connectivity index (χ0v) is 7.59. The van der Waals surface area contributed by atoms with Crippen LogP contribution in [0.4, 0.5) is 0 Å². The molecule has 0 unspecified atom stereocenters. The first-order chi connectivity index (χ1) is 5.83. The molecule has 1 heterocycles. The van der Waals surface area contributed by atoms with Crippen molar-refractivity contribution in [1.29, 1.82) is 0 Å². The van der Waals surface area contributed by atoms with Gasteiger partial charge in [-0.05, 0) is 18.6 Å². The summed E-state index contributed by atoms with van der Waals surface area (Å²) >= 11 is 0. The minimum atomic E-state index is 0.769. The van der Waals surface area contributed by atoms with Crippen LogP contribution in [0, 0.1) is 11.8 Å². The van der Waals surface area contributed by atoms with E-state index >= 15 is 0 Å². The Kier molecular flexibility index (Phi) is 3.43. The monoisotopic (exact) mass is 162 g/mol. The van der Waals surface area contributed by atoms with Gasteiger partial charge in [-0.2, -0.15) is 0 Å². The quantitative estimate of drug-likeness (QED) is 0.521. The molecule has 0 aliphatic rings. The average Bonchev–Trinajstić information content (AvgIpc) is 2.45. The van der Waals surface area contributed by atoms with Crippen molar-refractivity contribution in [3.63, 3.8) is 0 Å². The van der Waals surface area contributed by atoms with E-state index in [-0.39, 0.29) is 0 Å². The van der Waals surface area contributed by atoms with Gasteiger partial charge in [-0.25, -0.2) is 0 Å². The molecule has 1 aromatic rings. The van der Waals surface area contributed by atoms with Gasteiger partial charge in [0.1, 0.15) is 0 Å². The number of hydrogen-bond acceptors (Lipinski definition) is 1. The van der Waals surface area contributed by atoms with E-state index in [4.69, 9.17) is 0 Å². The molecule has 0 aromatic carbocycles. The molecule has 0 saturated heterocycles. The summed E-state index contributed by atoms with van der Waals surface area (Å²) in [5.41, 5.74) is 1.30. The average molecular weight is 162 g/mol. The van der Waals surface area contributed by atoms with Gasteiger partial charge in [0.05, 0.1) is 6.54 Å². The first kappa shape index (κ1) is 8.89. The molecule has 0 aliphatic carbocycles. The van der Waals surface area contributed by atoms with Gasteiger partial charge in [-0.15, -0.1) is 5.92 Å². The Morgan fingerprint density at radius 2 is 2.42 bits per heavy atom. The Bertz CT molecular complexity index is 288. The van der Waals surface area contributed by atoms with Crippen molar-refractivity contribution in [1.82, 2.24) is 9.88 Å². The van der Waals surface area contributed by atoms with Gasteiger partial charge in [0.15, 0.2) is 0 Å². The second-order valence-corrected chi connectivity index (χ2v) is 2.72. The Labute approximate surface area is 73.6 Å². The second kappa shape index (κ2) is 4.63. The molecule has 0 bridgehead atoms. The maximum atomic E-state index is 3.23. The zero-order valence-electron chi connectivity index (χ0n) is 7.59. The van der Waals surface area contributed by atoms with Crippen LogP contribution >= 0.6 is 0 Å². The Morgan fingerprint density at radius 1 is 1.58 bits per heavy atom. The fourth-order valence-corrected chi connectivity index (χ4v) is 1.02. The molecular formula is C10H14N2. The summed E-state index contributed by atoms with van der Waals surface area (Å²) in [6.45, 7) is 3.52. The number of aryl methyl sites for hydroxylation is 1. The summed E-state index contributed by atoms with van der Waals surface area (Å²) < 4.78 is 2.04. The first-order valence-electron chi connectivity index (χ1n) is 4.04. The van der Waals surface area contributed by atoms with Crippen LogP contribution in [-0.4, -0.2) is 11.1 Å². The van der Waals surface area contributed by atoms with Crippen molar-refractivity contribution in [3.05, 3.63) is 24.0 Å². The highest BCUT2D eigenvalue weighted by atomic mass is 14.9. The fourth-order valence-electron chi connectivity index (χ4n) is 1.02. The molecule has 1 aromatic heterocycles. The molecule has 12 heavy (non-hydrogen) atoms. The summed E-state index contributed by atoms with van der Waals surface area (Å²) in [7, 11) is 2.02. The third kappa shape index (κ3) is 2.81. The molecule has 2 heteroatoms. The highest BCUT2D eigenvalue weighted by Gasteiger charge is 1.91. The largest absolute Gasteiger partial charge is 0.357 e. The van der Waals surface area contributed by atoms with Crippen LogP contribution in [-0.2, 0) is 13.6 Å². The molecular weight excluding hydrogens is 148 g/mol. The number of aromatic nitrogens is 1. The van der Waals surface area contributed by atoms with Crippen LogP contribution in [0.5, 0.6) is 0 Å². The maximum absolute atomic E-state index is 3.23. The highest BCUT2D eigenvalue weighted by molar-refractivity contribution is 5.10. The van der Waals surface area contributed by atoms with Crippen molar-refractivity contribution in [3.8, 4) is 11.8 Å². The van der Waals surface area contributed by atoms with E-state index in [0.717, 1.165) is 13.1 Å². The van der Waals surface area contributed by atoms with Gasteiger partial charge in [0, 0.05) is 26.0 Å². The minimum Gasteiger partial charge on any atom is -0.357 e. The van der Waals surface area contributed by atoms with E-state index in [1.54, 1.807) is 0 Å². The Hall–Kier alpha value is -1.20.